The molecule has 0 saturated heterocycles. The van der Waals surface area contributed by atoms with Crippen molar-refractivity contribution in [2.45, 2.75) is 18.9 Å². The van der Waals surface area contributed by atoms with Gasteiger partial charge in [-0.1, -0.05) is 0 Å². The average Bonchev–Trinajstić information content (AvgIpc) is 2.43. The first kappa shape index (κ1) is 8.97. The van der Waals surface area contributed by atoms with Crippen molar-refractivity contribution in [1.29, 1.82) is 0 Å². The molecule has 0 aliphatic heterocycles. The lowest BCUT2D eigenvalue weighted by Crippen LogP contribution is -2.07. The van der Waals surface area contributed by atoms with E-state index in [9.17, 15) is 4.39 Å². The maximum atomic E-state index is 13.2. The summed E-state index contributed by atoms with van der Waals surface area (Å²) in [5.41, 5.74) is 13.5. The summed E-state index contributed by atoms with van der Waals surface area (Å²) in [6.07, 6.45) is 1.71. The molecule has 2 nitrogen and oxygen atoms in total. The largest absolute Gasteiger partial charge is 0.395 e. The fourth-order valence-electron chi connectivity index (χ4n) is 1.76. The lowest BCUT2D eigenvalue weighted by atomic mass is 10.1. The monoisotopic (exact) mass is 244 g/mol. The molecule has 70 valence electrons. The zero-order chi connectivity index (χ0) is 9.59. The molecular weight excluding hydrogens is 235 g/mol. The normalized spacial score (nSPS) is 20.4. The number of hydrogen-bond acceptors (Lipinski definition) is 2. The average molecular weight is 245 g/mol. The molecule has 4 heteroatoms. The Morgan fingerprint density at radius 3 is 2.92 bits per heavy atom. The molecule has 13 heavy (non-hydrogen) atoms. The second-order valence-corrected chi connectivity index (χ2v) is 4.10. The Kier molecular flexibility index (Phi) is 2.04. The van der Waals surface area contributed by atoms with Gasteiger partial charge in [0.15, 0.2) is 0 Å². The quantitative estimate of drug-likeness (QED) is 0.688. The van der Waals surface area contributed by atoms with Crippen LogP contribution < -0.4 is 11.5 Å². The molecule has 0 unspecified atom stereocenters. The Bertz CT molecular complexity index is 365. The van der Waals surface area contributed by atoms with Gasteiger partial charge in [-0.3, -0.25) is 0 Å². The van der Waals surface area contributed by atoms with E-state index in [0.29, 0.717) is 4.47 Å². The molecule has 0 spiro atoms. The Morgan fingerprint density at radius 2 is 2.23 bits per heavy atom. The van der Waals surface area contributed by atoms with Gasteiger partial charge >= 0.3 is 0 Å². The Balaban J connectivity index is 2.68. The molecule has 1 aliphatic rings. The summed E-state index contributed by atoms with van der Waals surface area (Å²) in [7, 11) is 0. The molecule has 0 saturated carbocycles. The Labute approximate surface area is 84.2 Å². The first-order valence-electron chi connectivity index (χ1n) is 4.13. The number of aryl methyl sites for hydroxylation is 1. The van der Waals surface area contributed by atoms with Gasteiger partial charge in [0.25, 0.3) is 0 Å². The molecular formula is C9H10BrFN2. The molecule has 0 aromatic heterocycles. The number of benzene rings is 1. The minimum Gasteiger partial charge on any atom is -0.395 e. The fourth-order valence-corrected chi connectivity index (χ4v) is 2.50. The molecule has 1 aromatic carbocycles. The summed E-state index contributed by atoms with van der Waals surface area (Å²) in [5, 5.41) is 0. The van der Waals surface area contributed by atoms with Crippen molar-refractivity contribution in [3.63, 3.8) is 0 Å². The van der Waals surface area contributed by atoms with Gasteiger partial charge < -0.3 is 11.5 Å². The third kappa shape index (κ3) is 1.25. The fraction of sp³-hybridized carbons (Fsp3) is 0.333. The minimum absolute atomic E-state index is 0.00715. The number of nitrogen functional groups attached to an aromatic ring is 1. The second-order valence-electron chi connectivity index (χ2n) is 3.30. The van der Waals surface area contributed by atoms with E-state index < -0.39 is 0 Å². The van der Waals surface area contributed by atoms with Crippen LogP contribution in [-0.4, -0.2) is 0 Å². The molecule has 1 atom stereocenters. The summed E-state index contributed by atoms with van der Waals surface area (Å²) in [6.45, 7) is 0. The molecule has 0 fully saturated rings. The zero-order valence-corrected chi connectivity index (χ0v) is 8.57. The molecule has 0 radical (unpaired) electrons. The van der Waals surface area contributed by atoms with Crippen LogP contribution in [0, 0.1) is 5.82 Å². The standard InChI is InChI=1S/C9H10BrFN2/c10-8-7-4(1-2-6(7)12)3-5(11)9(8)13/h3,6H,1-2,12-13H2/t6-/m0/s1. The molecule has 0 bridgehead atoms. The van der Waals surface area contributed by atoms with E-state index in [0.717, 1.165) is 24.0 Å². The lowest BCUT2D eigenvalue weighted by molar-refractivity contribution is 0.629. The maximum absolute atomic E-state index is 13.2. The van der Waals surface area contributed by atoms with E-state index >= 15 is 0 Å². The van der Waals surface area contributed by atoms with Crippen LogP contribution in [0.1, 0.15) is 23.6 Å². The zero-order valence-electron chi connectivity index (χ0n) is 6.98. The third-order valence-corrected chi connectivity index (χ3v) is 3.33. The molecule has 2 rings (SSSR count). The maximum Gasteiger partial charge on any atom is 0.147 e. The van der Waals surface area contributed by atoms with Crippen molar-refractivity contribution in [1.82, 2.24) is 0 Å². The van der Waals surface area contributed by atoms with E-state index in [-0.39, 0.29) is 17.5 Å². The van der Waals surface area contributed by atoms with E-state index in [4.69, 9.17) is 11.5 Å². The molecule has 4 N–H and O–H groups in total. The van der Waals surface area contributed by atoms with E-state index in [1.54, 1.807) is 0 Å². The van der Waals surface area contributed by atoms with Gasteiger partial charge in [0.2, 0.25) is 0 Å². The highest BCUT2D eigenvalue weighted by Crippen LogP contribution is 2.39. The van der Waals surface area contributed by atoms with Crippen LogP contribution in [0.2, 0.25) is 0 Å². The number of hydrogen-bond donors (Lipinski definition) is 2. The highest BCUT2D eigenvalue weighted by atomic mass is 79.9. The predicted molar refractivity (Wildman–Crippen MR) is 53.8 cm³/mol. The van der Waals surface area contributed by atoms with Gasteiger partial charge in [-0.25, -0.2) is 4.39 Å². The topological polar surface area (TPSA) is 52.0 Å². The highest BCUT2D eigenvalue weighted by molar-refractivity contribution is 9.10. The molecule has 1 aliphatic carbocycles. The number of nitrogens with two attached hydrogens (primary N) is 2. The van der Waals surface area contributed by atoms with Crippen molar-refractivity contribution < 1.29 is 4.39 Å². The number of rotatable bonds is 0. The van der Waals surface area contributed by atoms with Gasteiger partial charge in [0, 0.05) is 10.5 Å². The number of halogens is 2. The lowest BCUT2D eigenvalue weighted by Gasteiger charge is -2.10. The highest BCUT2D eigenvalue weighted by Gasteiger charge is 2.24. The van der Waals surface area contributed by atoms with Crippen LogP contribution in [0.3, 0.4) is 0 Å². The smallest absolute Gasteiger partial charge is 0.147 e. The van der Waals surface area contributed by atoms with Gasteiger partial charge in [0.1, 0.15) is 5.82 Å². The predicted octanol–water partition coefficient (Wildman–Crippen LogP) is 2.12. The second kappa shape index (κ2) is 2.96. The van der Waals surface area contributed by atoms with Crippen LogP contribution in [0.4, 0.5) is 10.1 Å². The van der Waals surface area contributed by atoms with Crippen LogP contribution in [0.25, 0.3) is 0 Å². The van der Waals surface area contributed by atoms with Crippen LogP contribution >= 0.6 is 15.9 Å². The SMILES string of the molecule is Nc1c(F)cc2c(c1Br)[C@@H](N)CC2. The summed E-state index contributed by atoms with van der Waals surface area (Å²) < 4.78 is 13.8. The summed E-state index contributed by atoms with van der Waals surface area (Å²) in [6, 6.07) is 1.48. The van der Waals surface area contributed by atoms with Gasteiger partial charge in [-0.15, -0.1) is 0 Å². The van der Waals surface area contributed by atoms with Gasteiger partial charge in [0.05, 0.1) is 5.69 Å². The number of anilines is 1. The van der Waals surface area contributed by atoms with Crippen molar-refractivity contribution in [3.05, 3.63) is 27.5 Å². The van der Waals surface area contributed by atoms with Gasteiger partial charge in [-0.2, -0.15) is 0 Å². The number of fused-ring (bicyclic) bond motifs is 1. The summed E-state index contributed by atoms with van der Waals surface area (Å²) in [4.78, 5) is 0. The van der Waals surface area contributed by atoms with Crippen molar-refractivity contribution in [2.24, 2.45) is 5.73 Å². The molecule has 0 heterocycles. The summed E-state index contributed by atoms with van der Waals surface area (Å²) >= 11 is 3.28. The summed E-state index contributed by atoms with van der Waals surface area (Å²) in [5.74, 6) is -0.361. The van der Waals surface area contributed by atoms with Crippen molar-refractivity contribution in [2.75, 3.05) is 5.73 Å². The van der Waals surface area contributed by atoms with Crippen molar-refractivity contribution in [3.8, 4) is 0 Å². The van der Waals surface area contributed by atoms with Crippen LogP contribution in [0.5, 0.6) is 0 Å². The van der Waals surface area contributed by atoms with Gasteiger partial charge in [-0.05, 0) is 46.0 Å². The first-order chi connectivity index (χ1) is 6.11. The van der Waals surface area contributed by atoms with E-state index in [1.807, 2.05) is 0 Å². The Morgan fingerprint density at radius 1 is 1.54 bits per heavy atom. The Hall–Kier alpha value is -0.610. The van der Waals surface area contributed by atoms with E-state index in [2.05, 4.69) is 15.9 Å². The van der Waals surface area contributed by atoms with Crippen LogP contribution in [-0.2, 0) is 6.42 Å². The van der Waals surface area contributed by atoms with Crippen molar-refractivity contribution >= 4 is 21.6 Å². The third-order valence-electron chi connectivity index (χ3n) is 2.47. The molecule has 0 amide bonds. The minimum atomic E-state index is -0.361. The van der Waals surface area contributed by atoms with Crippen LogP contribution in [0.15, 0.2) is 10.5 Å². The van der Waals surface area contributed by atoms with E-state index in [1.165, 1.54) is 6.07 Å². The first-order valence-corrected chi connectivity index (χ1v) is 4.92. The molecule has 1 aromatic rings.